The van der Waals surface area contributed by atoms with Gasteiger partial charge in [0.2, 0.25) is 0 Å². The van der Waals surface area contributed by atoms with Gasteiger partial charge in [-0.05, 0) is 43.7 Å². The van der Waals surface area contributed by atoms with E-state index in [1.165, 1.54) is 16.9 Å². The summed E-state index contributed by atoms with van der Waals surface area (Å²) in [7, 11) is 0. The summed E-state index contributed by atoms with van der Waals surface area (Å²) in [6.45, 7) is 3.66. The van der Waals surface area contributed by atoms with Crippen molar-refractivity contribution < 1.29 is 14.3 Å². The number of aryl methyl sites for hydroxylation is 1. The second-order valence-corrected chi connectivity index (χ2v) is 8.66. The largest absolute Gasteiger partial charge is 0.461 e. The molecule has 0 aliphatic carbocycles. The van der Waals surface area contributed by atoms with E-state index in [0.717, 1.165) is 12.8 Å². The molecule has 3 rings (SSSR count). The van der Waals surface area contributed by atoms with E-state index in [1.807, 2.05) is 49.6 Å². The van der Waals surface area contributed by atoms with Gasteiger partial charge in [-0.25, -0.2) is 4.79 Å². The van der Waals surface area contributed by atoms with Crippen LogP contribution in [0, 0.1) is 0 Å². The Balaban J connectivity index is 1.76. The Morgan fingerprint density at radius 2 is 1.96 bits per heavy atom. The molecule has 2 atom stereocenters. The Morgan fingerprint density at radius 1 is 1.19 bits per heavy atom. The quantitative estimate of drug-likeness (QED) is 0.694. The number of thiophene rings is 1. The van der Waals surface area contributed by atoms with Crippen LogP contribution < -0.4 is 0 Å². The molecule has 2 aromatic rings. The van der Waals surface area contributed by atoms with Crippen molar-refractivity contribution in [2.45, 2.75) is 44.2 Å². The highest BCUT2D eigenvalue weighted by Crippen LogP contribution is 2.35. The van der Waals surface area contributed by atoms with Crippen molar-refractivity contribution in [2.24, 2.45) is 0 Å². The van der Waals surface area contributed by atoms with Crippen LogP contribution in [0.25, 0.3) is 0 Å². The molecule has 1 aromatic heterocycles. The van der Waals surface area contributed by atoms with Crippen molar-refractivity contribution in [3.63, 3.8) is 0 Å². The molecule has 138 valence electrons. The average Bonchev–Trinajstić information content (AvgIpc) is 3.29. The first-order chi connectivity index (χ1) is 12.6. The van der Waals surface area contributed by atoms with Gasteiger partial charge in [0.1, 0.15) is 6.04 Å². The lowest BCUT2D eigenvalue weighted by atomic mass is 10.1. The fourth-order valence-corrected chi connectivity index (χ4v) is 5.07. The zero-order valence-electron chi connectivity index (χ0n) is 15.0. The van der Waals surface area contributed by atoms with E-state index in [2.05, 4.69) is 12.1 Å². The monoisotopic (exact) mass is 389 g/mol. The Morgan fingerprint density at radius 3 is 2.62 bits per heavy atom. The number of amides is 1. The van der Waals surface area contributed by atoms with Crippen LogP contribution in [-0.4, -0.2) is 40.0 Å². The number of rotatable bonds is 6. The number of benzene rings is 1. The average molecular weight is 390 g/mol. The summed E-state index contributed by atoms with van der Waals surface area (Å²) in [4.78, 5) is 28.0. The van der Waals surface area contributed by atoms with E-state index in [-0.39, 0.29) is 23.4 Å². The fraction of sp³-hybridized carbons (Fsp3) is 0.400. The summed E-state index contributed by atoms with van der Waals surface area (Å²) in [6.07, 6.45) is 1.50. The maximum Gasteiger partial charge on any atom is 0.330 e. The van der Waals surface area contributed by atoms with Crippen LogP contribution in [0.15, 0.2) is 47.8 Å². The summed E-state index contributed by atoms with van der Waals surface area (Å²) in [5, 5.41) is 1.87. The molecule has 1 aliphatic rings. The Kier molecular flexibility index (Phi) is 6.38. The molecular weight excluding hydrogens is 366 g/mol. The number of ether oxygens (including phenoxy) is 1. The van der Waals surface area contributed by atoms with Crippen molar-refractivity contribution in [1.82, 2.24) is 4.90 Å². The highest BCUT2D eigenvalue weighted by atomic mass is 32.2. The van der Waals surface area contributed by atoms with Crippen molar-refractivity contribution in [1.29, 1.82) is 0 Å². The maximum atomic E-state index is 13.0. The molecule has 0 unspecified atom stereocenters. The van der Waals surface area contributed by atoms with E-state index in [9.17, 15) is 9.59 Å². The summed E-state index contributed by atoms with van der Waals surface area (Å²) in [5.41, 5.74) is 1.24. The lowest BCUT2D eigenvalue weighted by molar-refractivity contribution is -0.151. The standard InChI is InChI=1S/C20H23NO3S2/c1-14(2)24-20(23)16-13-26-18(11-10-15-7-4-3-5-8-15)21(16)19(22)17-9-6-12-25-17/h3-9,12,14,16,18H,10-11,13H2,1-2H3/t16-,18-/m1/s1. The fourth-order valence-electron chi connectivity index (χ4n) is 3.01. The second kappa shape index (κ2) is 8.73. The van der Waals surface area contributed by atoms with Crippen LogP contribution in [0.3, 0.4) is 0 Å². The van der Waals surface area contributed by atoms with Gasteiger partial charge in [0.05, 0.1) is 16.4 Å². The maximum absolute atomic E-state index is 13.0. The summed E-state index contributed by atoms with van der Waals surface area (Å²) < 4.78 is 5.40. The van der Waals surface area contributed by atoms with Crippen LogP contribution in [0.4, 0.5) is 0 Å². The lowest BCUT2D eigenvalue weighted by Crippen LogP contribution is -2.46. The van der Waals surface area contributed by atoms with Gasteiger partial charge in [-0.2, -0.15) is 0 Å². The Hall–Kier alpha value is -1.79. The molecule has 4 nitrogen and oxygen atoms in total. The number of esters is 1. The Labute approximate surface area is 162 Å². The molecule has 1 saturated heterocycles. The third kappa shape index (κ3) is 4.48. The molecule has 1 aromatic carbocycles. The van der Waals surface area contributed by atoms with Gasteiger partial charge in [-0.3, -0.25) is 4.79 Å². The summed E-state index contributed by atoms with van der Waals surface area (Å²) in [6, 6.07) is 13.4. The molecule has 0 spiro atoms. The number of nitrogens with zero attached hydrogens (tertiary/aromatic N) is 1. The normalized spacial score (nSPS) is 19.7. The first kappa shape index (κ1) is 19.0. The molecule has 0 radical (unpaired) electrons. The van der Waals surface area contributed by atoms with E-state index in [0.29, 0.717) is 10.6 Å². The minimum atomic E-state index is -0.516. The minimum absolute atomic E-state index is 0.0190. The molecule has 0 bridgehead atoms. The van der Waals surface area contributed by atoms with E-state index in [1.54, 1.807) is 16.7 Å². The first-order valence-corrected chi connectivity index (χ1v) is 10.7. The highest BCUT2D eigenvalue weighted by Gasteiger charge is 2.42. The molecule has 1 aliphatic heterocycles. The molecule has 2 heterocycles. The van der Waals surface area contributed by atoms with Gasteiger partial charge in [-0.1, -0.05) is 36.4 Å². The van der Waals surface area contributed by atoms with Gasteiger partial charge >= 0.3 is 5.97 Å². The van der Waals surface area contributed by atoms with Crippen molar-refractivity contribution in [2.75, 3.05) is 5.75 Å². The van der Waals surface area contributed by atoms with Gasteiger partial charge < -0.3 is 9.64 Å². The van der Waals surface area contributed by atoms with Crippen LogP contribution in [0.2, 0.25) is 0 Å². The predicted molar refractivity (Wildman–Crippen MR) is 107 cm³/mol. The lowest BCUT2D eigenvalue weighted by Gasteiger charge is -2.28. The van der Waals surface area contributed by atoms with Crippen LogP contribution in [0.1, 0.15) is 35.5 Å². The molecule has 0 saturated carbocycles. The number of carbonyl (C=O) groups excluding carboxylic acids is 2. The number of thioether (sulfide) groups is 1. The first-order valence-electron chi connectivity index (χ1n) is 8.78. The van der Waals surface area contributed by atoms with Gasteiger partial charge in [0.15, 0.2) is 0 Å². The van der Waals surface area contributed by atoms with Gasteiger partial charge in [0.25, 0.3) is 5.91 Å². The zero-order chi connectivity index (χ0) is 18.5. The molecule has 26 heavy (non-hydrogen) atoms. The van der Waals surface area contributed by atoms with Crippen LogP contribution >= 0.6 is 23.1 Å². The third-order valence-corrected chi connectivity index (χ3v) is 6.42. The SMILES string of the molecule is CC(C)OC(=O)[C@H]1CS[C@H](CCc2ccccc2)N1C(=O)c1cccs1. The number of hydrogen-bond donors (Lipinski definition) is 0. The Bertz CT molecular complexity index is 731. The molecule has 1 amide bonds. The van der Waals surface area contributed by atoms with E-state index >= 15 is 0 Å². The van der Waals surface area contributed by atoms with E-state index in [4.69, 9.17) is 4.74 Å². The second-order valence-electron chi connectivity index (χ2n) is 6.50. The zero-order valence-corrected chi connectivity index (χ0v) is 16.6. The topological polar surface area (TPSA) is 46.6 Å². The molecule has 1 fully saturated rings. The van der Waals surface area contributed by atoms with Crippen LogP contribution in [0.5, 0.6) is 0 Å². The summed E-state index contributed by atoms with van der Waals surface area (Å²) in [5.74, 6) is 0.204. The predicted octanol–water partition coefficient (Wildman–Crippen LogP) is 4.22. The molecule has 6 heteroatoms. The van der Waals surface area contributed by atoms with Crippen molar-refractivity contribution in [3.05, 3.63) is 58.3 Å². The van der Waals surface area contributed by atoms with Crippen LogP contribution in [-0.2, 0) is 16.0 Å². The smallest absolute Gasteiger partial charge is 0.330 e. The van der Waals surface area contributed by atoms with Crippen molar-refractivity contribution in [3.8, 4) is 0 Å². The minimum Gasteiger partial charge on any atom is -0.461 e. The molecule has 0 N–H and O–H groups in total. The van der Waals surface area contributed by atoms with E-state index < -0.39 is 6.04 Å². The van der Waals surface area contributed by atoms with Crippen molar-refractivity contribution >= 4 is 35.0 Å². The number of hydrogen-bond acceptors (Lipinski definition) is 5. The van der Waals surface area contributed by atoms with Gasteiger partial charge in [0, 0.05) is 5.75 Å². The van der Waals surface area contributed by atoms with Gasteiger partial charge in [-0.15, -0.1) is 23.1 Å². The number of carbonyl (C=O) groups is 2. The molecular formula is C20H23NO3S2. The third-order valence-electron chi connectivity index (χ3n) is 4.21. The summed E-state index contributed by atoms with van der Waals surface area (Å²) >= 11 is 3.08. The highest BCUT2D eigenvalue weighted by molar-refractivity contribution is 8.00.